The molecule has 1 aliphatic rings. The summed E-state index contributed by atoms with van der Waals surface area (Å²) < 4.78 is 5.13. The molecule has 0 bridgehead atoms. The highest BCUT2D eigenvalue weighted by atomic mass is 16.6. The van der Waals surface area contributed by atoms with Crippen molar-refractivity contribution >= 4 is 16.8 Å². The summed E-state index contributed by atoms with van der Waals surface area (Å²) in [6.45, 7) is 2.14. The van der Waals surface area contributed by atoms with Gasteiger partial charge in [0, 0.05) is 6.07 Å². The van der Waals surface area contributed by atoms with Gasteiger partial charge in [0.1, 0.15) is 5.39 Å². The highest BCUT2D eigenvalue weighted by molar-refractivity contribution is 5.84. The number of hydrogen-bond acceptors (Lipinski definition) is 6. The van der Waals surface area contributed by atoms with Crippen molar-refractivity contribution in [2.75, 3.05) is 0 Å². The lowest BCUT2D eigenvalue weighted by Gasteiger charge is -2.11. The summed E-state index contributed by atoms with van der Waals surface area (Å²) >= 11 is 0. The molecule has 2 aromatic rings. The Kier molecular flexibility index (Phi) is 6.20. The van der Waals surface area contributed by atoms with Gasteiger partial charge < -0.3 is 9.25 Å². The largest absolute Gasteiger partial charge is 0.403 e. The van der Waals surface area contributed by atoms with Crippen LogP contribution in [-0.4, -0.2) is 15.7 Å². The normalized spacial score (nSPS) is 14.6. The van der Waals surface area contributed by atoms with Gasteiger partial charge in [-0.2, -0.15) is 4.98 Å². The highest BCUT2D eigenvalue weighted by Gasteiger charge is 2.14. The molecule has 1 aliphatic carbocycles. The maximum absolute atomic E-state index is 12.5. The Morgan fingerprint density at radius 3 is 2.77 bits per heavy atom. The summed E-state index contributed by atoms with van der Waals surface area (Å²) in [6, 6.07) is 1.33. The minimum atomic E-state index is -0.509. The summed E-state index contributed by atoms with van der Waals surface area (Å²) in [4.78, 5) is 36.3. The van der Waals surface area contributed by atoms with E-state index >= 15 is 0 Å². The monoisotopic (exact) mass is 359 g/mol. The second-order valence-electron chi connectivity index (χ2n) is 6.76. The van der Waals surface area contributed by atoms with Crippen molar-refractivity contribution < 1.29 is 9.25 Å². The number of nitrogens with one attached hydrogen (secondary N) is 1. The molecule has 7 heteroatoms. The Morgan fingerprint density at radius 1 is 1.19 bits per heavy atom. The first kappa shape index (κ1) is 18.4. The molecule has 0 aromatic carbocycles. The number of H-pyrrole nitrogens is 1. The third-order valence-electron chi connectivity index (χ3n) is 4.67. The summed E-state index contributed by atoms with van der Waals surface area (Å²) in [5.41, 5.74) is 0.760. The molecule has 1 saturated carbocycles. The van der Waals surface area contributed by atoms with Gasteiger partial charge in [0.15, 0.2) is 0 Å². The summed E-state index contributed by atoms with van der Waals surface area (Å²) in [5, 5.41) is 4.40. The molecule has 0 spiro atoms. The van der Waals surface area contributed by atoms with Crippen molar-refractivity contribution in [3.63, 3.8) is 0 Å². The number of nitrogens with zero attached hydrogens (tertiary/aromatic N) is 2. The van der Waals surface area contributed by atoms with E-state index in [2.05, 4.69) is 22.0 Å². The van der Waals surface area contributed by atoms with Gasteiger partial charge in [-0.25, -0.2) is 4.79 Å². The van der Waals surface area contributed by atoms with Crippen molar-refractivity contribution in [3.05, 3.63) is 32.4 Å². The molecule has 26 heavy (non-hydrogen) atoms. The average molecular weight is 359 g/mol. The lowest BCUT2D eigenvalue weighted by molar-refractivity contribution is 0.307. The van der Waals surface area contributed by atoms with E-state index in [1.165, 1.54) is 12.5 Å². The number of aryl methyl sites for hydroxylation is 1. The molecule has 0 radical (unpaired) electrons. The van der Waals surface area contributed by atoms with Crippen LogP contribution in [0.5, 0.6) is 6.01 Å². The van der Waals surface area contributed by atoms with Gasteiger partial charge in [0.25, 0.3) is 5.56 Å². The fourth-order valence-electron chi connectivity index (χ4n) is 3.27. The third kappa shape index (κ3) is 4.59. The Bertz CT molecular complexity index is 890. The van der Waals surface area contributed by atoms with Crippen molar-refractivity contribution in [2.24, 2.45) is 5.16 Å². The zero-order chi connectivity index (χ0) is 18.4. The lowest BCUT2D eigenvalue weighted by Crippen LogP contribution is -2.15. The summed E-state index contributed by atoms with van der Waals surface area (Å²) in [6.07, 6.45) is 10.1. The number of hydrogen-bond donors (Lipinski definition) is 1. The second kappa shape index (κ2) is 8.78. The van der Waals surface area contributed by atoms with Crippen molar-refractivity contribution in [3.8, 4) is 6.01 Å². The minimum absolute atomic E-state index is 0.00517. The summed E-state index contributed by atoms with van der Waals surface area (Å²) in [5.74, 6) is 0. The van der Waals surface area contributed by atoms with Gasteiger partial charge in [-0.15, -0.1) is 0 Å². The predicted octanol–water partition coefficient (Wildman–Crippen LogP) is 3.70. The Labute approximate surface area is 151 Å². The number of unbranched alkanes of at least 4 members (excludes halogenated alkanes) is 3. The van der Waals surface area contributed by atoms with Crippen LogP contribution >= 0.6 is 0 Å². The standard InChI is InChI=1S/C19H25N3O4/c1-2-3-4-6-9-13-12-15(23)25-18-16(13)17(24)20-19(21-18)26-22-14-10-7-5-8-11-14/h12H,2-11H2,1H3,(H,20,21,24). The molecule has 140 valence electrons. The first-order valence-electron chi connectivity index (χ1n) is 9.47. The molecular formula is C19H25N3O4. The van der Waals surface area contributed by atoms with Crippen LogP contribution < -0.4 is 16.0 Å². The van der Waals surface area contributed by atoms with Crippen molar-refractivity contribution in [1.29, 1.82) is 0 Å². The third-order valence-corrected chi connectivity index (χ3v) is 4.67. The van der Waals surface area contributed by atoms with Crippen LogP contribution in [0.25, 0.3) is 11.1 Å². The molecular weight excluding hydrogens is 334 g/mol. The lowest BCUT2D eigenvalue weighted by atomic mass is 9.99. The number of oxime groups is 1. The van der Waals surface area contributed by atoms with Crippen LogP contribution in [-0.2, 0) is 6.42 Å². The van der Waals surface area contributed by atoms with Crippen LogP contribution in [0.15, 0.2) is 25.2 Å². The average Bonchev–Trinajstić information content (AvgIpc) is 2.63. The van der Waals surface area contributed by atoms with Crippen molar-refractivity contribution in [1.82, 2.24) is 9.97 Å². The SMILES string of the molecule is CCCCCCc1cc(=O)oc2nc(ON=C3CCCCC3)[nH]c(=O)c12. The fraction of sp³-hybridized carbons (Fsp3) is 0.579. The van der Waals surface area contributed by atoms with Crippen LogP contribution in [0.1, 0.15) is 70.3 Å². The smallest absolute Gasteiger partial charge is 0.337 e. The van der Waals surface area contributed by atoms with Gasteiger partial charge in [0.2, 0.25) is 5.71 Å². The number of rotatable bonds is 7. The first-order valence-corrected chi connectivity index (χ1v) is 9.47. The number of aromatic amines is 1. The molecule has 0 amide bonds. The topological polar surface area (TPSA) is 97.5 Å². The highest BCUT2D eigenvalue weighted by Crippen LogP contribution is 2.18. The van der Waals surface area contributed by atoms with Gasteiger partial charge in [-0.1, -0.05) is 37.8 Å². The van der Waals surface area contributed by atoms with E-state index < -0.39 is 5.63 Å². The van der Waals surface area contributed by atoms with Crippen LogP contribution in [0.4, 0.5) is 0 Å². The first-order chi connectivity index (χ1) is 12.7. The van der Waals surface area contributed by atoms with Crippen LogP contribution in [0.3, 0.4) is 0 Å². The van der Waals surface area contributed by atoms with E-state index in [1.807, 2.05) is 0 Å². The maximum Gasteiger partial charge on any atom is 0.337 e. The van der Waals surface area contributed by atoms with E-state index in [0.29, 0.717) is 17.4 Å². The van der Waals surface area contributed by atoms with E-state index in [-0.39, 0.29) is 17.3 Å². The number of aromatic nitrogens is 2. The molecule has 0 saturated heterocycles. The summed E-state index contributed by atoms with van der Waals surface area (Å²) in [7, 11) is 0. The van der Waals surface area contributed by atoms with E-state index in [1.54, 1.807) is 0 Å². The van der Waals surface area contributed by atoms with Gasteiger partial charge in [-0.05, 0) is 44.1 Å². The number of fused-ring (bicyclic) bond motifs is 1. The zero-order valence-electron chi connectivity index (χ0n) is 15.2. The van der Waals surface area contributed by atoms with E-state index in [0.717, 1.165) is 57.1 Å². The Morgan fingerprint density at radius 2 is 2.00 bits per heavy atom. The van der Waals surface area contributed by atoms with E-state index in [4.69, 9.17) is 9.25 Å². The minimum Gasteiger partial charge on any atom is -0.403 e. The van der Waals surface area contributed by atoms with Crippen molar-refractivity contribution in [2.45, 2.75) is 71.1 Å². The molecule has 2 heterocycles. The van der Waals surface area contributed by atoms with Gasteiger partial charge >= 0.3 is 11.6 Å². The molecule has 0 aliphatic heterocycles. The molecule has 0 unspecified atom stereocenters. The zero-order valence-corrected chi connectivity index (χ0v) is 15.2. The Hall–Kier alpha value is -2.44. The van der Waals surface area contributed by atoms with Gasteiger partial charge in [-0.3, -0.25) is 9.78 Å². The van der Waals surface area contributed by atoms with E-state index in [9.17, 15) is 9.59 Å². The second-order valence-corrected chi connectivity index (χ2v) is 6.76. The van der Waals surface area contributed by atoms with Crippen LogP contribution in [0, 0.1) is 0 Å². The molecule has 0 atom stereocenters. The van der Waals surface area contributed by atoms with Crippen LogP contribution in [0.2, 0.25) is 0 Å². The fourth-order valence-corrected chi connectivity index (χ4v) is 3.27. The molecule has 1 fully saturated rings. The predicted molar refractivity (Wildman–Crippen MR) is 99.9 cm³/mol. The molecule has 7 nitrogen and oxygen atoms in total. The Balaban J connectivity index is 1.85. The molecule has 1 N–H and O–H groups in total. The van der Waals surface area contributed by atoms with Gasteiger partial charge in [0.05, 0.1) is 5.71 Å². The quantitative estimate of drug-likeness (QED) is 0.600. The molecule has 3 rings (SSSR count). The molecule has 2 aromatic heterocycles. The maximum atomic E-state index is 12.5.